The number of nitrogens with one attached hydrogen (secondary N) is 1. The van der Waals surface area contributed by atoms with Gasteiger partial charge in [-0.05, 0) is 34.6 Å². The molecular formula is C11H18N4O4. The minimum atomic E-state index is -0.774. The second-order valence-electron chi connectivity index (χ2n) is 5.32. The summed E-state index contributed by atoms with van der Waals surface area (Å²) >= 11 is 0. The molecule has 0 fully saturated rings. The molecule has 19 heavy (non-hydrogen) atoms. The average Bonchev–Trinajstić information content (AvgIpc) is 2.58. The predicted octanol–water partition coefficient (Wildman–Crippen LogP) is 2.72. The van der Waals surface area contributed by atoms with Crippen molar-refractivity contribution in [1.29, 1.82) is 0 Å². The Kier molecular flexibility index (Phi) is 4.13. The van der Waals surface area contributed by atoms with Crippen LogP contribution < -0.4 is 5.32 Å². The SMILES string of the molecule is CC(C)n1cc([N+](=O)[O-])c(NC(=O)OC(C)(C)C)n1. The molecule has 0 saturated carbocycles. The maximum atomic E-state index is 11.6. The summed E-state index contributed by atoms with van der Waals surface area (Å²) in [4.78, 5) is 21.9. The highest BCUT2D eigenvalue weighted by Gasteiger charge is 2.24. The van der Waals surface area contributed by atoms with Crippen molar-refractivity contribution in [2.24, 2.45) is 0 Å². The third kappa shape index (κ3) is 4.23. The molecular weight excluding hydrogens is 252 g/mol. The molecule has 0 unspecified atom stereocenters. The number of ether oxygens (including phenoxy) is 1. The molecule has 0 radical (unpaired) electrons. The fraction of sp³-hybridized carbons (Fsp3) is 0.636. The van der Waals surface area contributed by atoms with Crippen LogP contribution in [0.3, 0.4) is 0 Å². The van der Waals surface area contributed by atoms with Crippen molar-refractivity contribution >= 4 is 17.6 Å². The van der Waals surface area contributed by atoms with E-state index in [0.717, 1.165) is 0 Å². The molecule has 1 rings (SSSR count). The minimum absolute atomic E-state index is 0.0483. The number of amides is 1. The first-order valence-electron chi connectivity index (χ1n) is 5.83. The van der Waals surface area contributed by atoms with Crippen molar-refractivity contribution in [2.75, 3.05) is 5.32 Å². The van der Waals surface area contributed by atoms with Crippen LogP contribution in [0.1, 0.15) is 40.7 Å². The van der Waals surface area contributed by atoms with Crippen molar-refractivity contribution in [3.8, 4) is 0 Å². The van der Waals surface area contributed by atoms with Crippen LogP contribution in [0.5, 0.6) is 0 Å². The Morgan fingerprint density at radius 2 is 2.11 bits per heavy atom. The van der Waals surface area contributed by atoms with Gasteiger partial charge in [0.1, 0.15) is 11.8 Å². The van der Waals surface area contributed by atoms with Crippen molar-refractivity contribution in [3.05, 3.63) is 16.3 Å². The average molecular weight is 270 g/mol. The van der Waals surface area contributed by atoms with Crippen LogP contribution in [-0.4, -0.2) is 26.4 Å². The molecule has 0 aliphatic heterocycles. The second-order valence-corrected chi connectivity index (χ2v) is 5.32. The number of rotatable bonds is 3. The Labute approximate surface area is 110 Å². The van der Waals surface area contributed by atoms with Gasteiger partial charge in [-0.1, -0.05) is 0 Å². The number of nitrogens with zero attached hydrogens (tertiary/aromatic N) is 3. The third-order valence-electron chi connectivity index (χ3n) is 2.06. The van der Waals surface area contributed by atoms with Crippen LogP contribution in [0.2, 0.25) is 0 Å². The lowest BCUT2D eigenvalue weighted by Crippen LogP contribution is -2.27. The molecule has 8 heteroatoms. The Bertz CT molecular complexity index is 487. The fourth-order valence-corrected chi connectivity index (χ4v) is 1.27. The Morgan fingerprint density at radius 1 is 1.53 bits per heavy atom. The minimum Gasteiger partial charge on any atom is -0.444 e. The molecule has 1 N–H and O–H groups in total. The van der Waals surface area contributed by atoms with E-state index < -0.39 is 16.6 Å². The molecule has 0 spiro atoms. The molecule has 1 amide bonds. The fourth-order valence-electron chi connectivity index (χ4n) is 1.27. The quantitative estimate of drug-likeness (QED) is 0.672. The zero-order chi connectivity index (χ0) is 14.8. The zero-order valence-electron chi connectivity index (χ0n) is 11.6. The van der Waals surface area contributed by atoms with E-state index in [2.05, 4.69) is 10.4 Å². The maximum absolute atomic E-state index is 11.6. The smallest absolute Gasteiger partial charge is 0.413 e. The summed E-state index contributed by atoms with van der Waals surface area (Å²) in [6.45, 7) is 8.76. The van der Waals surface area contributed by atoms with Crippen LogP contribution in [-0.2, 0) is 4.74 Å². The number of carbonyl (C=O) groups is 1. The number of nitro groups is 1. The number of carbonyl (C=O) groups excluding carboxylic acids is 1. The first kappa shape index (κ1) is 14.9. The third-order valence-corrected chi connectivity index (χ3v) is 2.06. The van der Waals surface area contributed by atoms with Gasteiger partial charge in [0.15, 0.2) is 0 Å². The van der Waals surface area contributed by atoms with Crippen LogP contribution in [0, 0.1) is 10.1 Å². The maximum Gasteiger partial charge on any atom is 0.413 e. The molecule has 0 aliphatic rings. The largest absolute Gasteiger partial charge is 0.444 e. The van der Waals surface area contributed by atoms with Crippen LogP contribution >= 0.6 is 0 Å². The molecule has 1 aromatic heterocycles. The molecule has 0 aliphatic carbocycles. The highest BCUT2D eigenvalue weighted by Crippen LogP contribution is 2.24. The van der Waals surface area contributed by atoms with Gasteiger partial charge in [0.25, 0.3) is 0 Å². The van der Waals surface area contributed by atoms with Crippen molar-refractivity contribution in [3.63, 3.8) is 0 Å². The molecule has 106 valence electrons. The molecule has 8 nitrogen and oxygen atoms in total. The van der Waals surface area contributed by atoms with Gasteiger partial charge in [-0.15, -0.1) is 5.10 Å². The van der Waals surface area contributed by atoms with E-state index in [1.165, 1.54) is 10.9 Å². The summed E-state index contributed by atoms with van der Waals surface area (Å²) in [6.07, 6.45) is 0.502. The lowest BCUT2D eigenvalue weighted by Gasteiger charge is -2.18. The summed E-state index contributed by atoms with van der Waals surface area (Å²) in [5.41, 5.74) is -0.945. The molecule has 0 saturated heterocycles. The molecule has 0 bridgehead atoms. The van der Waals surface area contributed by atoms with E-state index in [-0.39, 0.29) is 17.5 Å². The molecule has 1 heterocycles. The number of hydrogen-bond donors (Lipinski definition) is 1. The van der Waals surface area contributed by atoms with E-state index >= 15 is 0 Å². The monoisotopic (exact) mass is 270 g/mol. The highest BCUT2D eigenvalue weighted by molar-refractivity contribution is 5.86. The van der Waals surface area contributed by atoms with Gasteiger partial charge < -0.3 is 4.74 Å². The van der Waals surface area contributed by atoms with Gasteiger partial charge in [0.05, 0.1) is 4.92 Å². The van der Waals surface area contributed by atoms with Crippen LogP contribution in [0.15, 0.2) is 6.20 Å². The first-order chi connectivity index (χ1) is 8.60. The van der Waals surface area contributed by atoms with E-state index in [1.807, 2.05) is 13.8 Å². The van der Waals surface area contributed by atoms with Crippen LogP contribution in [0.4, 0.5) is 16.3 Å². The van der Waals surface area contributed by atoms with Gasteiger partial charge in [0.2, 0.25) is 5.82 Å². The second kappa shape index (κ2) is 5.25. The Balaban J connectivity index is 2.93. The van der Waals surface area contributed by atoms with E-state index in [1.54, 1.807) is 20.8 Å². The Morgan fingerprint density at radius 3 is 2.53 bits per heavy atom. The zero-order valence-corrected chi connectivity index (χ0v) is 11.6. The summed E-state index contributed by atoms with van der Waals surface area (Å²) < 4.78 is 6.43. The topological polar surface area (TPSA) is 99.3 Å². The van der Waals surface area contributed by atoms with Gasteiger partial charge in [-0.2, -0.15) is 0 Å². The van der Waals surface area contributed by atoms with Crippen molar-refractivity contribution in [2.45, 2.75) is 46.3 Å². The predicted molar refractivity (Wildman–Crippen MR) is 69.1 cm³/mol. The van der Waals surface area contributed by atoms with E-state index in [0.29, 0.717) is 0 Å². The number of aromatic nitrogens is 2. The lowest BCUT2D eigenvalue weighted by atomic mass is 10.2. The first-order valence-corrected chi connectivity index (χ1v) is 5.83. The Hall–Kier alpha value is -2.12. The van der Waals surface area contributed by atoms with Crippen molar-refractivity contribution < 1.29 is 14.5 Å². The summed E-state index contributed by atoms with van der Waals surface area (Å²) in [7, 11) is 0. The highest BCUT2D eigenvalue weighted by atomic mass is 16.6. The van der Waals surface area contributed by atoms with E-state index in [4.69, 9.17) is 4.74 Å². The standard InChI is InChI=1S/C11H18N4O4/c1-7(2)14-6-8(15(17)18)9(13-14)12-10(16)19-11(3,4)5/h6-7H,1-5H3,(H,12,13,16). The summed E-state index contributed by atoms with van der Waals surface area (Å²) in [6, 6.07) is -0.0483. The molecule has 0 aromatic carbocycles. The summed E-state index contributed by atoms with van der Waals surface area (Å²) in [5, 5.41) is 17.1. The van der Waals surface area contributed by atoms with Crippen LogP contribution in [0.25, 0.3) is 0 Å². The lowest BCUT2D eigenvalue weighted by molar-refractivity contribution is -0.384. The number of hydrogen-bond acceptors (Lipinski definition) is 5. The number of anilines is 1. The van der Waals surface area contributed by atoms with E-state index in [9.17, 15) is 14.9 Å². The van der Waals surface area contributed by atoms with Gasteiger partial charge in [-0.3, -0.25) is 20.1 Å². The van der Waals surface area contributed by atoms with Gasteiger partial charge >= 0.3 is 11.8 Å². The van der Waals surface area contributed by atoms with Gasteiger partial charge in [0, 0.05) is 6.04 Å². The summed E-state index contributed by atoms with van der Waals surface area (Å²) in [5.74, 6) is -0.118. The van der Waals surface area contributed by atoms with Crippen molar-refractivity contribution in [1.82, 2.24) is 9.78 Å². The normalized spacial score (nSPS) is 11.5. The molecule has 1 aromatic rings. The molecule has 0 atom stereocenters. The van der Waals surface area contributed by atoms with Gasteiger partial charge in [-0.25, -0.2) is 4.79 Å².